The smallest absolute Gasteiger partial charge is 0.142 e. The SMILES string of the molecule is C=CCCC(C)(O)c1ccc(OC)c(Br)c1OC. The Labute approximate surface area is 117 Å². The van der Waals surface area contributed by atoms with E-state index in [0.29, 0.717) is 22.4 Å². The average molecular weight is 315 g/mol. The number of methoxy groups -OCH3 is 2. The summed E-state index contributed by atoms with van der Waals surface area (Å²) in [6.45, 7) is 5.44. The van der Waals surface area contributed by atoms with E-state index in [4.69, 9.17) is 9.47 Å². The van der Waals surface area contributed by atoms with E-state index in [1.54, 1.807) is 27.2 Å². The van der Waals surface area contributed by atoms with Crippen LogP contribution in [0.3, 0.4) is 0 Å². The van der Waals surface area contributed by atoms with Gasteiger partial charge in [-0.25, -0.2) is 0 Å². The Bertz CT molecular complexity index is 427. The van der Waals surface area contributed by atoms with Crippen molar-refractivity contribution in [3.05, 3.63) is 34.8 Å². The molecule has 1 unspecified atom stereocenters. The van der Waals surface area contributed by atoms with Crippen LogP contribution in [-0.2, 0) is 5.60 Å². The van der Waals surface area contributed by atoms with Gasteiger partial charge >= 0.3 is 0 Å². The first-order chi connectivity index (χ1) is 8.47. The summed E-state index contributed by atoms with van der Waals surface area (Å²) in [5, 5.41) is 10.5. The highest BCUT2D eigenvalue weighted by atomic mass is 79.9. The molecule has 1 aromatic rings. The second kappa shape index (κ2) is 6.25. The summed E-state index contributed by atoms with van der Waals surface area (Å²) in [5.41, 5.74) is -0.228. The predicted octanol–water partition coefficient (Wildman–Crippen LogP) is 3.64. The predicted molar refractivity (Wildman–Crippen MR) is 76.2 cm³/mol. The lowest BCUT2D eigenvalue weighted by molar-refractivity contribution is 0.0461. The van der Waals surface area contributed by atoms with Crippen LogP contribution in [0.5, 0.6) is 11.5 Å². The lowest BCUT2D eigenvalue weighted by atomic mass is 9.90. The van der Waals surface area contributed by atoms with Crippen molar-refractivity contribution in [1.29, 1.82) is 0 Å². The van der Waals surface area contributed by atoms with Gasteiger partial charge in [0.2, 0.25) is 0 Å². The van der Waals surface area contributed by atoms with Crippen LogP contribution in [0.4, 0.5) is 0 Å². The number of rotatable bonds is 6. The summed E-state index contributed by atoms with van der Waals surface area (Å²) in [7, 11) is 3.17. The Hall–Kier alpha value is -1.00. The van der Waals surface area contributed by atoms with Crippen molar-refractivity contribution < 1.29 is 14.6 Å². The van der Waals surface area contributed by atoms with Crippen LogP contribution >= 0.6 is 15.9 Å². The number of allylic oxidation sites excluding steroid dienone is 1. The summed E-state index contributed by atoms with van der Waals surface area (Å²) >= 11 is 3.43. The quantitative estimate of drug-likeness (QED) is 0.815. The molecular formula is C14H19BrO3. The molecule has 0 aliphatic rings. The van der Waals surface area contributed by atoms with Crippen LogP contribution in [0.2, 0.25) is 0 Å². The molecule has 0 saturated carbocycles. The minimum Gasteiger partial charge on any atom is -0.495 e. The molecule has 0 bridgehead atoms. The van der Waals surface area contributed by atoms with Gasteiger partial charge in [0.1, 0.15) is 16.0 Å². The van der Waals surface area contributed by atoms with Crippen molar-refractivity contribution in [2.75, 3.05) is 14.2 Å². The van der Waals surface area contributed by atoms with Gasteiger partial charge < -0.3 is 14.6 Å². The molecule has 100 valence electrons. The molecule has 0 spiro atoms. The number of hydrogen-bond donors (Lipinski definition) is 1. The van der Waals surface area contributed by atoms with E-state index in [0.717, 1.165) is 12.0 Å². The highest BCUT2D eigenvalue weighted by Gasteiger charge is 2.28. The molecule has 1 atom stereocenters. The van der Waals surface area contributed by atoms with Gasteiger partial charge in [-0.15, -0.1) is 6.58 Å². The third-order valence-corrected chi connectivity index (χ3v) is 3.65. The molecule has 0 amide bonds. The summed E-state index contributed by atoms with van der Waals surface area (Å²) in [5.74, 6) is 1.28. The summed E-state index contributed by atoms with van der Waals surface area (Å²) in [6, 6.07) is 3.63. The van der Waals surface area contributed by atoms with Gasteiger partial charge in [0.25, 0.3) is 0 Å². The molecule has 0 radical (unpaired) electrons. The Balaban J connectivity index is 3.23. The summed E-state index contributed by atoms with van der Waals surface area (Å²) < 4.78 is 11.3. The maximum Gasteiger partial charge on any atom is 0.142 e. The van der Waals surface area contributed by atoms with E-state index < -0.39 is 5.60 Å². The van der Waals surface area contributed by atoms with Crippen molar-refractivity contribution in [2.24, 2.45) is 0 Å². The van der Waals surface area contributed by atoms with Gasteiger partial charge in [0.15, 0.2) is 0 Å². The van der Waals surface area contributed by atoms with Crippen LogP contribution < -0.4 is 9.47 Å². The molecular weight excluding hydrogens is 296 g/mol. The lowest BCUT2D eigenvalue weighted by Gasteiger charge is -2.26. The van der Waals surface area contributed by atoms with Crippen molar-refractivity contribution in [1.82, 2.24) is 0 Å². The Morgan fingerprint density at radius 3 is 2.56 bits per heavy atom. The molecule has 1 rings (SSSR count). The molecule has 0 aliphatic heterocycles. The number of hydrogen-bond acceptors (Lipinski definition) is 3. The van der Waals surface area contributed by atoms with Crippen LogP contribution in [0, 0.1) is 0 Å². The maximum absolute atomic E-state index is 10.5. The monoisotopic (exact) mass is 314 g/mol. The van der Waals surface area contributed by atoms with E-state index in [-0.39, 0.29) is 0 Å². The highest BCUT2D eigenvalue weighted by molar-refractivity contribution is 9.10. The number of ether oxygens (including phenoxy) is 2. The molecule has 3 nitrogen and oxygen atoms in total. The lowest BCUT2D eigenvalue weighted by Crippen LogP contribution is -2.22. The average Bonchev–Trinajstić information content (AvgIpc) is 2.36. The highest BCUT2D eigenvalue weighted by Crippen LogP contribution is 2.42. The molecule has 0 fully saturated rings. The zero-order valence-electron chi connectivity index (χ0n) is 11.0. The van der Waals surface area contributed by atoms with Gasteiger partial charge in [0.05, 0.1) is 19.8 Å². The third kappa shape index (κ3) is 3.06. The molecule has 4 heteroatoms. The Morgan fingerprint density at radius 1 is 1.39 bits per heavy atom. The van der Waals surface area contributed by atoms with Crippen molar-refractivity contribution in [3.63, 3.8) is 0 Å². The second-order valence-electron chi connectivity index (χ2n) is 4.26. The van der Waals surface area contributed by atoms with Crippen molar-refractivity contribution in [3.8, 4) is 11.5 Å². The zero-order valence-corrected chi connectivity index (χ0v) is 12.6. The van der Waals surface area contributed by atoms with E-state index in [2.05, 4.69) is 22.5 Å². The van der Waals surface area contributed by atoms with Crippen LogP contribution in [0.15, 0.2) is 29.3 Å². The van der Waals surface area contributed by atoms with Crippen molar-refractivity contribution >= 4 is 15.9 Å². The first kappa shape index (κ1) is 15.1. The largest absolute Gasteiger partial charge is 0.495 e. The third-order valence-electron chi connectivity index (χ3n) is 2.90. The minimum atomic E-state index is -0.964. The number of halogens is 1. The number of aliphatic hydroxyl groups is 1. The molecule has 0 aromatic heterocycles. The Morgan fingerprint density at radius 2 is 2.06 bits per heavy atom. The van der Waals surface area contributed by atoms with Crippen LogP contribution in [0.25, 0.3) is 0 Å². The fourth-order valence-corrected chi connectivity index (χ4v) is 2.51. The van der Waals surface area contributed by atoms with Gasteiger partial charge in [-0.3, -0.25) is 0 Å². The molecule has 18 heavy (non-hydrogen) atoms. The normalized spacial score (nSPS) is 13.8. The molecule has 1 N–H and O–H groups in total. The Kier molecular flexibility index (Phi) is 5.23. The number of benzene rings is 1. The van der Waals surface area contributed by atoms with Gasteiger partial charge in [0, 0.05) is 5.56 Å². The molecule has 0 aliphatic carbocycles. The van der Waals surface area contributed by atoms with E-state index >= 15 is 0 Å². The maximum atomic E-state index is 10.5. The van der Waals surface area contributed by atoms with E-state index in [9.17, 15) is 5.11 Å². The second-order valence-corrected chi connectivity index (χ2v) is 5.06. The summed E-state index contributed by atoms with van der Waals surface area (Å²) in [6.07, 6.45) is 3.12. The van der Waals surface area contributed by atoms with Gasteiger partial charge in [-0.1, -0.05) is 6.08 Å². The minimum absolute atomic E-state index is 0.589. The topological polar surface area (TPSA) is 38.7 Å². The van der Waals surface area contributed by atoms with Crippen LogP contribution in [0.1, 0.15) is 25.3 Å². The molecule has 0 saturated heterocycles. The van der Waals surface area contributed by atoms with Gasteiger partial charge in [-0.05, 0) is 47.8 Å². The van der Waals surface area contributed by atoms with Crippen LogP contribution in [-0.4, -0.2) is 19.3 Å². The summed E-state index contributed by atoms with van der Waals surface area (Å²) in [4.78, 5) is 0. The van der Waals surface area contributed by atoms with Gasteiger partial charge in [-0.2, -0.15) is 0 Å². The molecule has 0 heterocycles. The first-order valence-corrected chi connectivity index (χ1v) is 6.51. The molecule has 1 aromatic carbocycles. The van der Waals surface area contributed by atoms with E-state index in [1.165, 1.54) is 0 Å². The van der Waals surface area contributed by atoms with E-state index in [1.807, 2.05) is 12.1 Å². The fourth-order valence-electron chi connectivity index (χ4n) is 1.84. The first-order valence-electron chi connectivity index (χ1n) is 5.72. The van der Waals surface area contributed by atoms with Crippen molar-refractivity contribution in [2.45, 2.75) is 25.4 Å². The standard InChI is InChI=1S/C14H19BrO3/c1-5-6-9-14(2,16)10-7-8-11(17-3)12(15)13(10)18-4/h5,7-8,16H,1,6,9H2,2-4H3. The zero-order chi connectivity index (χ0) is 13.8. The fraction of sp³-hybridized carbons (Fsp3) is 0.429.